The molecule has 7 heteroatoms. The number of hydrogen-bond donors (Lipinski definition) is 0. The lowest BCUT2D eigenvalue weighted by Gasteiger charge is -2.32. The van der Waals surface area contributed by atoms with Gasteiger partial charge in [0.25, 0.3) is 0 Å². The van der Waals surface area contributed by atoms with E-state index in [4.69, 9.17) is 18.6 Å². The van der Waals surface area contributed by atoms with Crippen LogP contribution in [0.3, 0.4) is 0 Å². The molecule has 0 bridgehead atoms. The Morgan fingerprint density at radius 3 is 1.52 bits per heavy atom. The highest BCUT2D eigenvalue weighted by Crippen LogP contribution is 2.38. The number of benzene rings is 1. The van der Waals surface area contributed by atoms with Crippen LogP contribution in [0.4, 0.5) is 4.39 Å². The predicted molar refractivity (Wildman–Crippen MR) is 97.8 cm³/mol. The Balaban J connectivity index is 1.91. The third-order valence-electron chi connectivity index (χ3n) is 6.05. The van der Waals surface area contributed by atoms with Gasteiger partial charge in [-0.3, -0.25) is 0 Å². The lowest BCUT2D eigenvalue weighted by atomic mass is 9.71. The molecule has 2 aliphatic heterocycles. The Labute approximate surface area is 150 Å². The third-order valence-corrected chi connectivity index (χ3v) is 6.05. The molecule has 0 aromatic heterocycles. The van der Waals surface area contributed by atoms with E-state index in [1.54, 1.807) is 12.1 Å². The van der Waals surface area contributed by atoms with Crippen LogP contribution in [0.2, 0.25) is 0 Å². The highest BCUT2D eigenvalue weighted by atomic mass is 19.1. The molecule has 0 aliphatic carbocycles. The fourth-order valence-corrected chi connectivity index (χ4v) is 2.84. The number of rotatable bonds is 2. The van der Waals surface area contributed by atoms with Crippen LogP contribution in [0.1, 0.15) is 55.4 Å². The van der Waals surface area contributed by atoms with Gasteiger partial charge in [0.1, 0.15) is 5.82 Å². The molecule has 0 N–H and O–H groups in total. The van der Waals surface area contributed by atoms with Crippen LogP contribution in [-0.4, -0.2) is 36.6 Å². The van der Waals surface area contributed by atoms with Gasteiger partial charge in [0.2, 0.25) is 0 Å². The number of halogens is 1. The van der Waals surface area contributed by atoms with E-state index in [9.17, 15) is 4.39 Å². The fourth-order valence-electron chi connectivity index (χ4n) is 2.84. The predicted octanol–water partition coefficient (Wildman–Crippen LogP) is 2.42. The van der Waals surface area contributed by atoms with Crippen molar-refractivity contribution in [3.63, 3.8) is 0 Å². The van der Waals surface area contributed by atoms with E-state index in [1.165, 1.54) is 6.07 Å². The standard InChI is InChI=1S/C18H27B2FO4/c1-15(2)16(3,4)23-19(22-15)12-9-10-14(21)13(11-12)20-24-17(5,6)18(7,8)25-20/h9-11H,1-8H3. The first kappa shape index (κ1) is 18.9. The largest absolute Gasteiger partial charge is 0.497 e. The Hall–Kier alpha value is -0.880. The average molecular weight is 348 g/mol. The van der Waals surface area contributed by atoms with Gasteiger partial charge >= 0.3 is 14.2 Å². The maximum absolute atomic E-state index is 14.5. The van der Waals surface area contributed by atoms with Crippen molar-refractivity contribution < 1.29 is 23.0 Å². The van der Waals surface area contributed by atoms with Crippen LogP contribution < -0.4 is 10.9 Å². The fraction of sp³-hybridized carbons (Fsp3) is 0.667. The van der Waals surface area contributed by atoms with E-state index in [2.05, 4.69) is 0 Å². The topological polar surface area (TPSA) is 36.9 Å². The first-order valence-electron chi connectivity index (χ1n) is 8.76. The molecule has 1 aromatic rings. The van der Waals surface area contributed by atoms with Gasteiger partial charge in [0, 0.05) is 5.46 Å². The van der Waals surface area contributed by atoms with Gasteiger partial charge in [-0.05, 0) is 66.9 Å². The van der Waals surface area contributed by atoms with E-state index >= 15 is 0 Å². The summed E-state index contributed by atoms with van der Waals surface area (Å²) in [6, 6.07) is 4.83. The van der Waals surface area contributed by atoms with E-state index in [0.29, 0.717) is 5.46 Å². The van der Waals surface area contributed by atoms with E-state index < -0.39 is 36.6 Å². The molecule has 4 nitrogen and oxygen atoms in total. The first-order valence-corrected chi connectivity index (χ1v) is 8.76. The summed E-state index contributed by atoms with van der Waals surface area (Å²) in [5.74, 6) is -0.362. The van der Waals surface area contributed by atoms with Crippen molar-refractivity contribution in [2.24, 2.45) is 0 Å². The van der Waals surface area contributed by atoms with Crippen molar-refractivity contribution in [2.75, 3.05) is 0 Å². The van der Waals surface area contributed by atoms with Crippen LogP contribution in [-0.2, 0) is 18.6 Å². The average Bonchev–Trinajstić information content (AvgIpc) is 2.79. The highest BCUT2D eigenvalue weighted by molar-refractivity contribution is 6.66. The zero-order chi connectivity index (χ0) is 18.8. The normalized spacial score (nSPS) is 26.3. The smallest absolute Gasteiger partial charge is 0.399 e. The van der Waals surface area contributed by atoms with Crippen LogP contribution in [0.15, 0.2) is 18.2 Å². The molecule has 0 atom stereocenters. The molecule has 2 fully saturated rings. The van der Waals surface area contributed by atoms with Crippen molar-refractivity contribution in [3.05, 3.63) is 24.0 Å². The molecule has 25 heavy (non-hydrogen) atoms. The van der Waals surface area contributed by atoms with Gasteiger partial charge in [-0.1, -0.05) is 12.1 Å². The molecule has 0 amide bonds. The Morgan fingerprint density at radius 1 is 0.680 bits per heavy atom. The maximum atomic E-state index is 14.5. The van der Waals surface area contributed by atoms with Crippen molar-refractivity contribution in [1.29, 1.82) is 0 Å². The van der Waals surface area contributed by atoms with Crippen LogP contribution in [0, 0.1) is 5.82 Å². The molecule has 2 saturated heterocycles. The second-order valence-corrected chi connectivity index (χ2v) is 8.96. The maximum Gasteiger partial charge on any atom is 0.497 e. The minimum absolute atomic E-state index is 0.362. The Morgan fingerprint density at radius 2 is 1.08 bits per heavy atom. The van der Waals surface area contributed by atoms with Crippen LogP contribution >= 0.6 is 0 Å². The summed E-state index contributed by atoms with van der Waals surface area (Å²) in [6.45, 7) is 15.8. The van der Waals surface area contributed by atoms with Gasteiger partial charge in [0.05, 0.1) is 22.4 Å². The third kappa shape index (κ3) is 3.05. The zero-order valence-electron chi connectivity index (χ0n) is 16.4. The van der Waals surface area contributed by atoms with Crippen molar-refractivity contribution in [2.45, 2.75) is 77.8 Å². The molecule has 0 spiro atoms. The monoisotopic (exact) mass is 348 g/mol. The summed E-state index contributed by atoms with van der Waals surface area (Å²) in [5.41, 5.74) is -0.821. The second kappa shape index (κ2) is 5.56. The van der Waals surface area contributed by atoms with Gasteiger partial charge in [-0.2, -0.15) is 0 Å². The molecule has 136 valence electrons. The van der Waals surface area contributed by atoms with Gasteiger partial charge < -0.3 is 18.6 Å². The molecule has 2 aliphatic rings. The van der Waals surface area contributed by atoms with E-state index in [0.717, 1.165) is 5.46 Å². The zero-order valence-corrected chi connectivity index (χ0v) is 16.4. The Kier molecular flexibility index (Phi) is 4.20. The van der Waals surface area contributed by atoms with Gasteiger partial charge in [-0.25, -0.2) is 4.39 Å². The molecule has 0 radical (unpaired) electrons. The summed E-state index contributed by atoms with van der Waals surface area (Å²) < 4.78 is 38.6. The summed E-state index contributed by atoms with van der Waals surface area (Å²) in [7, 11) is -1.31. The molecule has 3 rings (SSSR count). The molecular weight excluding hydrogens is 321 g/mol. The molecule has 1 aromatic carbocycles. The van der Waals surface area contributed by atoms with E-state index in [-0.39, 0.29) is 5.82 Å². The van der Waals surface area contributed by atoms with E-state index in [1.807, 2.05) is 55.4 Å². The summed E-state index contributed by atoms with van der Waals surface area (Å²) in [5, 5.41) is 0. The van der Waals surface area contributed by atoms with Gasteiger partial charge in [-0.15, -0.1) is 0 Å². The molecule has 0 unspecified atom stereocenters. The van der Waals surface area contributed by atoms with Crippen LogP contribution in [0.5, 0.6) is 0 Å². The summed E-state index contributed by atoms with van der Waals surface area (Å²) in [6.07, 6.45) is 0. The molecule has 0 saturated carbocycles. The summed E-state index contributed by atoms with van der Waals surface area (Å²) in [4.78, 5) is 0. The van der Waals surface area contributed by atoms with Crippen LogP contribution in [0.25, 0.3) is 0 Å². The lowest BCUT2D eigenvalue weighted by molar-refractivity contribution is 0.00578. The SMILES string of the molecule is CC1(C)OB(c2ccc(F)c(B3OC(C)(C)C(C)(C)O3)c2)OC1(C)C. The Bertz CT molecular complexity index is 656. The first-order chi connectivity index (χ1) is 11.3. The molecule has 2 heterocycles. The van der Waals surface area contributed by atoms with Crippen molar-refractivity contribution in [3.8, 4) is 0 Å². The molecular formula is C18H27B2FO4. The van der Waals surface area contributed by atoms with Gasteiger partial charge in [0.15, 0.2) is 0 Å². The lowest BCUT2D eigenvalue weighted by Crippen LogP contribution is -2.42. The highest BCUT2D eigenvalue weighted by Gasteiger charge is 2.54. The number of hydrogen-bond acceptors (Lipinski definition) is 4. The summed E-state index contributed by atoms with van der Waals surface area (Å²) >= 11 is 0. The minimum Gasteiger partial charge on any atom is -0.399 e. The quantitative estimate of drug-likeness (QED) is 0.770. The van der Waals surface area contributed by atoms with Crippen molar-refractivity contribution >= 4 is 25.2 Å². The minimum atomic E-state index is -0.757. The second-order valence-electron chi connectivity index (χ2n) is 8.96. The van der Waals surface area contributed by atoms with Crippen molar-refractivity contribution in [1.82, 2.24) is 0 Å².